The Hall–Kier alpha value is -2.24. The summed E-state index contributed by atoms with van der Waals surface area (Å²) in [6.45, 7) is 0. The highest BCUT2D eigenvalue weighted by atomic mass is 15.2. The van der Waals surface area contributed by atoms with E-state index in [1.165, 1.54) is 0 Å². The van der Waals surface area contributed by atoms with Crippen molar-refractivity contribution in [3.8, 4) is 0 Å². The summed E-state index contributed by atoms with van der Waals surface area (Å²) in [6.07, 6.45) is 4.01. The van der Waals surface area contributed by atoms with Crippen LogP contribution in [-0.4, -0.2) is 20.2 Å². The fourth-order valence-electron chi connectivity index (χ4n) is 1.20. The summed E-state index contributed by atoms with van der Waals surface area (Å²) < 4.78 is 0. The molecule has 2 heterocycles. The topological polar surface area (TPSA) is 104 Å². The quantitative estimate of drug-likeness (QED) is 0.711. The molecule has 0 radical (unpaired) electrons. The van der Waals surface area contributed by atoms with E-state index < -0.39 is 0 Å². The van der Waals surface area contributed by atoms with Crippen molar-refractivity contribution in [3.63, 3.8) is 0 Å². The minimum Gasteiger partial charge on any atom is -0.382 e. The second kappa shape index (κ2) is 3.87. The Labute approximate surface area is 86.4 Å². The highest BCUT2D eigenvalue weighted by molar-refractivity contribution is 5.39. The van der Waals surface area contributed by atoms with Gasteiger partial charge in [-0.15, -0.1) is 10.2 Å². The lowest BCUT2D eigenvalue weighted by molar-refractivity contribution is 0.909. The van der Waals surface area contributed by atoms with Gasteiger partial charge in [-0.05, 0) is 11.6 Å². The molecule has 0 unspecified atom stereocenters. The summed E-state index contributed by atoms with van der Waals surface area (Å²) in [6, 6.07) is 3.79. The number of aromatic nitrogens is 4. The Kier molecular flexibility index (Phi) is 2.40. The van der Waals surface area contributed by atoms with Gasteiger partial charge < -0.3 is 11.5 Å². The van der Waals surface area contributed by atoms with E-state index in [9.17, 15) is 0 Å². The van der Waals surface area contributed by atoms with Crippen LogP contribution in [0.25, 0.3) is 0 Å². The van der Waals surface area contributed by atoms with E-state index in [1.54, 1.807) is 12.4 Å². The SMILES string of the molecule is Nc1nnc(Cc2cccnc2)c(N)n1. The van der Waals surface area contributed by atoms with E-state index in [4.69, 9.17) is 11.5 Å². The Bertz CT molecular complexity index is 455. The zero-order chi connectivity index (χ0) is 10.7. The molecule has 0 amide bonds. The number of nitrogens with zero attached hydrogens (tertiary/aromatic N) is 4. The Morgan fingerprint density at radius 1 is 1.20 bits per heavy atom. The first-order chi connectivity index (χ1) is 7.25. The molecule has 0 aromatic carbocycles. The summed E-state index contributed by atoms with van der Waals surface area (Å²) in [5, 5.41) is 7.54. The van der Waals surface area contributed by atoms with E-state index in [-0.39, 0.29) is 5.95 Å². The third kappa shape index (κ3) is 2.16. The van der Waals surface area contributed by atoms with Crippen molar-refractivity contribution in [2.75, 3.05) is 11.5 Å². The van der Waals surface area contributed by atoms with Gasteiger partial charge in [-0.3, -0.25) is 4.98 Å². The highest BCUT2D eigenvalue weighted by Gasteiger charge is 2.05. The summed E-state index contributed by atoms with van der Waals surface area (Å²) in [7, 11) is 0. The van der Waals surface area contributed by atoms with Crippen molar-refractivity contribution >= 4 is 11.8 Å². The molecule has 0 aliphatic carbocycles. The van der Waals surface area contributed by atoms with Crippen LogP contribution < -0.4 is 11.5 Å². The van der Waals surface area contributed by atoms with Gasteiger partial charge in [-0.25, -0.2) is 0 Å². The van der Waals surface area contributed by atoms with Crippen LogP contribution in [0.2, 0.25) is 0 Å². The van der Waals surface area contributed by atoms with Gasteiger partial charge in [0, 0.05) is 18.8 Å². The molecule has 2 aromatic heterocycles. The molecule has 6 nitrogen and oxygen atoms in total. The zero-order valence-corrected chi connectivity index (χ0v) is 7.96. The zero-order valence-electron chi connectivity index (χ0n) is 7.96. The van der Waals surface area contributed by atoms with Crippen molar-refractivity contribution in [2.24, 2.45) is 0 Å². The monoisotopic (exact) mass is 202 g/mol. The molecule has 2 aromatic rings. The molecule has 0 fully saturated rings. The average molecular weight is 202 g/mol. The Morgan fingerprint density at radius 2 is 2.07 bits per heavy atom. The number of rotatable bonds is 2. The number of hydrogen-bond acceptors (Lipinski definition) is 6. The van der Waals surface area contributed by atoms with Crippen LogP contribution in [0.3, 0.4) is 0 Å². The van der Waals surface area contributed by atoms with Gasteiger partial charge in [0.1, 0.15) is 5.69 Å². The first-order valence-corrected chi connectivity index (χ1v) is 4.39. The summed E-state index contributed by atoms with van der Waals surface area (Å²) in [5.41, 5.74) is 12.6. The molecular formula is C9H10N6. The van der Waals surface area contributed by atoms with Crippen LogP contribution in [0, 0.1) is 0 Å². The van der Waals surface area contributed by atoms with Gasteiger partial charge in [0.05, 0.1) is 0 Å². The standard InChI is InChI=1S/C9H10N6/c10-8-7(14-15-9(11)13-8)4-6-2-1-3-12-5-6/h1-3,5H,4H2,(H4,10,11,13,15). The number of nitrogen functional groups attached to an aromatic ring is 2. The van der Waals surface area contributed by atoms with E-state index in [0.717, 1.165) is 5.56 Å². The predicted octanol–water partition coefficient (Wildman–Crippen LogP) is 0.0218. The highest BCUT2D eigenvalue weighted by Crippen LogP contribution is 2.10. The van der Waals surface area contributed by atoms with Crippen LogP contribution in [-0.2, 0) is 6.42 Å². The lowest BCUT2D eigenvalue weighted by Gasteiger charge is -2.02. The molecule has 6 heteroatoms. The van der Waals surface area contributed by atoms with Crippen LogP contribution in [0.1, 0.15) is 11.3 Å². The third-order valence-corrected chi connectivity index (χ3v) is 1.90. The largest absolute Gasteiger partial charge is 0.382 e. The van der Waals surface area contributed by atoms with Gasteiger partial charge in [-0.2, -0.15) is 4.98 Å². The second-order valence-electron chi connectivity index (χ2n) is 3.04. The minimum atomic E-state index is 0.0856. The summed E-state index contributed by atoms with van der Waals surface area (Å²) >= 11 is 0. The van der Waals surface area contributed by atoms with E-state index in [1.807, 2.05) is 12.1 Å². The van der Waals surface area contributed by atoms with E-state index >= 15 is 0 Å². The van der Waals surface area contributed by atoms with E-state index in [0.29, 0.717) is 17.9 Å². The molecule has 76 valence electrons. The summed E-state index contributed by atoms with van der Waals surface area (Å²) in [5.74, 6) is 0.397. The number of anilines is 2. The van der Waals surface area contributed by atoms with Crippen LogP contribution in [0.5, 0.6) is 0 Å². The molecular weight excluding hydrogens is 192 g/mol. The molecule has 0 atom stereocenters. The first kappa shape index (κ1) is 9.32. The van der Waals surface area contributed by atoms with Crippen LogP contribution in [0.15, 0.2) is 24.5 Å². The molecule has 0 bridgehead atoms. The van der Waals surface area contributed by atoms with Gasteiger partial charge in [0.2, 0.25) is 5.95 Å². The lowest BCUT2D eigenvalue weighted by atomic mass is 10.1. The molecule has 2 rings (SSSR count). The molecule has 0 aliphatic rings. The smallest absolute Gasteiger partial charge is 0.242 e. The van der Waals surface area contributed by atoms with Crippen molar-refractivity contribution in [2.45, 2.75) is 6.42 Å². The third-order valence-electron chi connectivity index (χ3n) is 1.90. The minimum absolute atomic E-state index is 0.0856. The normalized spacial score (nSPS) is 10.1. The predicted molar refractivity (Wildman–Crippen MR) is 55.7 cm³/mol. The fraction of sp³-hybridized carbons (Fsp3) is 0.111. The van der Waals surface area contributed by atoms with E-state index in [2.05, 4.69) is 20.2 Å². The molecule has 0 saturated carbocycles. The van der Waals surface area contributed by atoms with Crippen molar-refractivity contribution in [1.82, 2.24) is 20.2 Å². The van der Waals surface area contributed by atoms with Crippen LogP contribution >= 0.6 is 0 Å². The average Bonchev–Trinajstić information content (AvgIpc) is 2.24. The van der Waals surface area contributed by atoms with Crippen molar-refractivity contribution in [1.29, 1.82) is 0 Å². The van der Waals surface area contributed by atoms with Gasteiger partial charge in [-0.1, -0.05) is 6.07 Å². The van der Waals surface area contributed by atoms with Gasteiger partial charge >= 0.3 is 0 Å². The maximum Gasteiger partial charge on any atom is 0.242 e. The van der Waals surface area contributed by atoms with Gasteiger partial charge in [0.25, 0.3) is 0 Å². The van der Waals surface area contributed by atoms with Crippen molar-refractivity contribution < 1.29 is 0 Å². The lowest BCUT2D eigenvalue weighted by Crippen LogP contribution is -2.07. The molecule has 0 saturated heterocycles. The Balaban J connectivity index is 2.25. The number of pyridine rings is 1. The van der Waals surface area contributed by atoms with Gasteiger partial charge in [0.15, 0.2) is 5.82 Å². The number of nitrogens with two attached hydrogens (primary N) is 2. The molecule has 4 N–H and O–H groups in total. The van der Waals surface area contributed by atoms with Crippen molar-refractivity contribution in [3.05, 3.63) is 35.8 Å². The molecule has 0 aliphatic heterocycles. The fourth-order valence-corrected chi connectivity index (χ4v) is 1.20. The van der Waals surface area contributed by atoms with Crippen LogP contribution in [0.4, 0.5) is 11.8 Å². The molecule has 15 heavy (non-hydrogen) atoms. The first-order valence-electron chi connectivity index (χ1n) is 4.39. The number of hydrogen-bond donors (Lipinski definition) is 2. The second-order valence-corrected chi connectivity index (χ2v) is 3.04. The maximum atomic E-state index is 5.66. The Morgan fingerprint density at radius 3 is 2.73 bits per heavy atom. The maximum absolute atomic E-state index is 5.66. The molecule has 0 spiro atoms. The summed E-state index contributed by atoms with van der Waals surface area (Å²) in [4.78, 5) is 7.83.